The normalized spacial score (nSPS) is 28.3. The van der Waals surface area contributed by atoms with Crippen LogP contribution < -0.4 is 19.5 Å². The quantitative estimate of drug-likeness (QED) is 0.823. The molecular weight excluding hydrogens is 382 g/mol. The summed E-state index contributed by atoms with van der Waals surface area (Å²) in [5, 5.41) is 3.05. The molecule has 0 aromatic heterocycles. The van der Waals surface area contributed by atoms with E-state index < -0.39 is 5.60 Å². The first-order chi connectivity index (χ1) is 14.5. The summed E-state index contributed by atoms with van der Waals surface area (Å²) < 4.78 is 17.0. The van der Waals surface area contributed by atoms with Gasteiger partial charge < -0.3 is 19.5 Å². The minimum Gasteiger partial charge on any atom is -0.497 e. The number of methoxy groups -OCH3 is 2. The molecule has 1 spiro atoms. The van der Waals surface area contributed by atoms with Gasteiger partial charge in [-0.2, -0.15) is 0 Å². The molecule has 1 aliphatic heterocycles. The number of rotatable bonds is 5. The Morgan fingerprint density at radius 2 is 1.90 bits per heavy atom. The summed E-state index contributed by atoms with van der Waals surface area (Å²) >= 11 is 0. The summed E-state index contributed by atoms with van der Waals surface area (Å²) in [5.74, 6) is 2.49. The van der Waals surface area contributed by atoms with E-state index in [1.54, 1.807) is 20.3 Å². The fourth-order valence-electron chi connectivity index (χ4n) is 5.39. The lowest BCUT2D eigenvalue weighted by atomic mass is 9.84. The van der Waals surface area contributed by atoms with Crippen LogP contribution in [0, 0.1) is 17.8 Å². The zero-order valence-corrected chi connectivity index (χ0v) is 17.1. The standard InChI is InChI=1S/C24H25NO5/c1-28-15-9-14(10-16(11-15)29-2)13-25-23(27)21-18-7-8-24(22(18)21)12-19(26)17-5-3-4-6-20(17)30-24/h3-6,9-11,18,21-22H,7-8,12-13H2,1-2H3,(H,25,27)/t18-,21+,22+,24+/m0/s1. The Labute approximate surface area is 175 Å². The Balaban J connectivity index is 1.28. The zero-order chi connectivity index (χ0) is 20.9. The molecule has 2 saturated carbocycles. The molecule has 2 aromatic rings. The lowest BCUT2D eigenvalue weighted by molar-refractivity contribution is -0.124. The number of ether oxygens (including phenoxy) is 3. The number of nitrogens with one attached hydrogen (secondary N) is 1. The van der Waals surface area contributed by atoms with Crippen LogP contribution in [0.15, 0.2) is 42.5 Å². The summed E-state index contributed by atoms with van der Waals surface area (Å²) in [6.45, 7) is 0.401. The van der Waals surface area contributed by atoms with Gasteiger partial charge in [0, 0.05) is 24.4 Å². The molecule has 0 saturated heterocycles. The van der Waals surface area contributed by atoms with Crippen LogP contribution in [0.25, 0.3) is 0 Å². The first kappa shape index (κ1) is 19.0. The van der Waals surface area contributed by atoms with E-state index >= 15 is 0 Å². The van der Waals surface area contributed by atoms with Crippen LogP contribution >= 0.6 is 0 Å². The lowest BCUT2D eigenvalue weighted by Gasteiger charge is -2.37. The Kier molecular flexibility index (Phi) is 4.45. The second-order valence-electron chi connectivity index (χ2n) is 8.46. The number of ketones is 1. The topological polar surface area (TPSA) is 73.9 Å². The zero-order valence-electron chi connectivity index (χ0n) is 17.1. The smallest absolute Gasteiger partial charge is 0.224 e. The van der Waals surface area contributed by atoms with Crippen LogP contribution in [-0.4, -0.2) is 31.5 Å². The van der Waals surface area contributed by atoms with Gasteiger partial charge >= 0.3 is 0 Å². The molecule has 4 atom stereocenters. The van der Waals surface area contributed by atoms with Crippen molar-refractivity contribution < 1.29 is 23.8 Å². The van der Waals surface area contributed by atoms with E-state index in [4.69, 9.17) is 14.2 Å². The molecular formula is C24H25NO5. The Morgan fingerprint density at radius 3 is 2.63 bits per heavy atom. The maximum atomic E-state index is 12.9. The number of hydrogen-bond acceptors (Lipinski definition) is 5. The average molecular weight is 407 g/mol. The highest BCUT2D eigenvalue weighted by Crippen LogP contribution is 2.65. The van der Waals surface area contributed by atoms with Crippen LogP contribution in [0.5, 0.6) is 17.2 Å². The largest absolute Gasteiger partial charge is 0.497 e. The predicted molar refractivity (Wildman–Crippen MR) is 110 cm³/mol. The van der Waals surface area contributed by atoms with Crippen molar-refractivity contribution in [3.63, 3.8) is 0 Å². The van der Waals surface area contributed by atoms with Crippen molar-refractivity contribution in [2.24, 2.45) is 17.8 Å². The van der Waals surface area contributed by atoms with Crippen molar-refractivity contribution in [1.82, 2.24) is 5.32 Å². The molecule has 2 aliphatic carbocycles. The van der Waals surface area contributed by atoms with E-state index in [0.29, 0.717) is 41.7 Å². The predicted octanol–water partition coefficient (Wildman–Crippen LogP) is 3.38. The van der Waals surface area contributed by atoms with E-state index in [0.717, 1.165) is 18.4 Å². The fourth-order valence-corrected chi connectivity index (χ4v) is 5.39. The maximum absolute atomic E-state index is 12.9. The third-order valence-electron chi connectivity index (χ3n) is 6.82. The summed E-state index contributed by atoms with van der Waals surface area (Å²) in [7, 11) is 3.21. The van der Waals surface area contributed by atoms with Crippen molar-refractivity contribution >= 4 is 11.7 Å². The summed E-state index contributed by atoms with van der Waals surface area (Å²) in [4.78, 5) is 25.7. The molecule has 0 unspecified atom stereocenters. The number of carbonyl (C=O) groups excluding carboxylic acids is 2. The summed E-state index contributed by atoms with van der Waals surface area (Å²) in [6.07, 6.45) is 2.12. The van der Waals surface area contributed by atoms with Gasteiger partial charge in [0.1, 0.15) is 22.8 Å². The molecule has 30 heavy (non-hydrogen) atoms. The number of hydrogen-bond donors (Lipinski definition) is 1. The minimum absolute atomic E-state index is 0.0285. The van der Waals surface area contributed by atoms with Crippen LogP contribution in [0.2, 0.25) is 0 Å². The Hall–Kier alpha value is -3.02. The number of para-hydroxylation sites is 1. The molecule has 2 aromatic carbocycles. The third kappa shape index (κ3) is 3.02. The van der Waals surface area contributed by atoms with Gasteiger partial charge in [-0.25, -0.2) is 0 Å². The highest BCUT2D eigenvalue weighted by Gasteiger charge is 2.70. The lowest BCUT2D eigenvalue weighted by Crippen LogP contribution is -2.44. The third-order valence-corrected chi connectivity index (χ3v) is 6.82. The molecule has 156 valence electrons. The molecule has 2 fully saturated rings. The van der Waals surface area contributed by atoms with Gasteiger partial charge in [-0.1, -0.05) is 12.1 Å². The SMILES string of the molecule is COc1cc(CNC(=O)[C@@H]2[C@@H]3CC[C@@]4(CC(=O)c5ccccc5O4)[C@H]32)cc(OC)c1. The van der Waals surface area contributed by atoms with Crippen LogP contribution in [0.4, 0.5) is 0 Å². The first-order valence-corrected chi connectivity index (χ1v) is 10.4. The summed E-state index contributed by atoms with van der Waals surface area (Å²) in [6, 6.07) is 13.0. The molecule has 1 N–H and O–H groups in total. The highest BCUT2D eigenvalue weighted by molar-refractivity contribution is 6.00. The van der Waals surface area contributed by atoms with Gasteiger partial charge in [0.25, 0.3) is 0 Å². The molecule has 6 nitrogen and oxygen atoms in total. The van der Waals surface area contributed by atoms with E-state index in [1.165, 1.54) is 0 Å². The second-order valence-corrected chi connectivity index (χ2v) is 8.46. The Morgan fingerprint density at radius 1 is 1.17 bits per heavy atom. The Bertz CT molecular complexity index is 996. The molecule has 6 heteroatoms. The molecule has 3 aliphatic rings. The average Bonchev–Trinajstić information content (AvgIpc) is 3.42. The van der Waals surface area contributed by atoms with Crippen molar-refractivity contribution in [1.29, 1.82) is 0 Å². The number of amides is 1. The van der Waals surface area contributed by atoms with E-state index in [2.05, 4.69) is 5.32 Å². The molecule has 0 radical (unpaired) electrons. The summed E-state index contributed by atoms with van der Waals surface area (Å²) in [5.41, 5.74) is 1.04. The van der Waals surface area contributed by atoms with Crippen molar-refractivity contribution in [2.45, 2.75) is 31.4 Å². The van der Waals surface area contributed by atoms with E-state index in [1.807, 2.05) is 36.4 Å². The number of fused-ring (bicyclic) bond motifs is 3. The van der Waals surface area contributed by atoms with Gasteiger partial charge in [-0.15, -0.1) is 0 Å². The molecule has 0 bridgehead atoms. The van der Waals surface area contributed by atoms with Gasteiger partial charge in [0.15, 0.2) is 5.78 Å². The second kappa shape index (κ2) is 7.04. The minimum atomic E-state index is -0.530. The van der Waals surface area contributed by atoms with Gasteiger partial charge in [-0.3, -0.25) is 9.59 Å². The fraction of sp³-hybridized carbons (Fsp3) is 0.417. The van der Waals surface area contributed by atoms with E-state index in [9.17, 15) is 9.59 Å². The van der Waals surface area contributed by atoms with Gasteiger partial charge in [-0.05, 0) is 48.6 Å². The number of Topliss-reactive ketones (excluding diaryl/α,β-unsaturated/α-hetero) is 1. The molecule has 1 amide bonds. The monoisotopic (exact) mass is 407 g/mol. The number of carbonyl (C=O) groups is 2. The van der Waals surface area contributed by atoms with E-state index in [-0.39, 0.29) is 23.5 Å². The van der Waals surface area contributed by atoms with Crippen molar-refractivity contribution in [3.8, 4) is 17.2 Å². The first-order valence-electron chi connectivity index (χ1n) is 10.4. The maximum Gasteiger partial charge on any atom is 0.224 e. The van der Waals surface area contributed by atoms with Crippen LogP contribution in [-0.2, 0) is 11.3 Å². The molecule has 1 heterocycles. The van der Waals surface area contributed by atoms with Crippen molar-refractivity contribution in [2.75, 3.05) is 14.2 Å². The number of benzene rings is 2. The molecule has 5 rings (SSSR count). The van der Waals surface area contributed by atoms with Crippen molar-refractivity contribution in [3.05, 3.63) is 53.6 Å². The van der Waals surface area contributed by atoms with Gasteiger partial charge in [0.2, 0.25) is 5.91 Å². The highest BCUT2D eigenvalue weighted by atomic mass is 16.5. The van der Waals surface area contributed by atoms with Crippen LogP contribution in [0.3, 0.4) is 0 Å². The van der Waals surface area contributed by atoms with Crippen LogP contribution in [0.1, 0.15) is 35.2 Å². The van der Waals surface area contributed by atoms with Gasteiger partial charge in [0.05, 0.1) is 26.2 Å².